The summed E-state index contributed by atoms with van der Waals surface area (Å²) in [4.78, 5) is 20.1. The Morgan fingerprint density at radius 3 is 1.80 bits per heavy atom. The predicted molar refractivity (Wildman–Crippen MR) is 54.5 cm³/mol. The number of carboxylic acids is 1. The van der Waals surface area contributed by atoms with Crippen LogP contribution in [0.5, 0.6) is 0 Å². The lowest BCUT2D eigenvalue weighted by Crippen LogP contribution is -1.95. The van der Waals surface area contributed by atoms with Gasteiger partial charge in [0.2, 0.25) is 0 Å². The van der Waals surface area contributed by atoms with Crippen molar-refractivity contribution in [2.24, 2.45) is 0 Å². The second-order valence-electron chi connectivity index (χ2n) is 1.74. The number of hydrogen-bond donors (Lipinski definition) is 1. The second-order valence-corrected chi connectivity index (χ2v) is 1.74. The number of aliphatic carboxylic acids is 1. The van der Waals surface area contributed by atoms with Gasteiger partial charge in [-0.1, -0.05) is 19.7 Å². The van der Waals surface area contributed by atoms with E-state index in [-0.39, 0.29) is 0 Å². The predicted octanol–water partition coefficient (Wildman–Crippen LogP) is 1.60. The normalized spacial score (nSPS) is 8.00. The molecule has 0 radical (unpaired) electrons. The van der Waals surface area contributed by atoms with Gasteiger partial charge in [-0.25, -0.2) is 9.59 Å². The van der Waals surface area contributed by atoms with Crippen LogP contribution < -0.4 is 0 Å². The van der Waals surface area contributed by atoms with Crippen LogP contribution in [-0.4, -0.2) is 17.0 Å². The van der Waals surface area contributed by atoms with Crippen LogP contribution in [0.15, 0.2) is 50.7 Å². The molecule has 0 saturated carbocycles. The van der Waals surface area contributed by atoms with E-state index in [4.69, 9.17) is 5.11 Å². The molecular formula is C10H12O5. The Hall–Kier alpha value is -2.30. The number of carbonyl (C=O) groups excluding carboxylic acids is 1. The maximum atomic E-state index is 10.3. The molecule has 0 aliphatic heterocycles. The van der Waals surface area contributed by atoms with Gasteiger partial charge in [0, 0.05) is 12.2 Å². The zero-order valence-corrected chi connectivity index (χ0v) is 8.09. The highest BCUT2D eigenvalue weighted by atomic mass is 16.5. The Balaban J connectivity index is 0. The number of carboxylic acid groups (broad SMARTS) is 1. The lowest BCUT2D eigenvalue weighted by atomic mass is 10.5. The van der Waals surface area contributed by atoms with Crippen molar-refractivity contribution in [2.75, 3.05) is 0 Å². The molecule has 15 heavy (non-hydrogen) atoms. The van der Waals surface area contributed by atoms with Crippen molar-refractivity contribution in [1.82, 2.24) is 0 Å². The summed E-state index contributed by atoms with van der Waals surface area (Å²) in [5.41, 5.74) is 0. The molecule has 0 unspecified atom stereocenters. The molecule has 0 aliphatic carbocycles. The minimum Gasteiger partial charge on any atom is -0.478 e. The van der Waals surface area contributed by atoms with Gasteiger partial charge in [0.15, 0.2) is 0 Å². The quantitative estimate of drug-likeness (QED) is 0.425. The third-order valence-electron chi connectivity index (χ3n) is 0.754. The van der Waals surface area contributed by atoms with E-state index < -0.39 is 11.9 Å². The topological polar surface area (TPSA) is 72.8 Å². The average Bonchev–Trinajstić information content (AvgIpc) is 2.17. The minimum absolute atomic E-state index is 0.686. The highest BCUT2D eigenvalue weighted by Crippen LogP contribution is 1.80. The van der Waals surface area contributed by atoms with E-state index in [1.807, 2.05) is 0 Å². The highest BCUT2D eigenvalue weighted by molar-refractivity contribution is 5.90. The van der Waals surface area contributed by atoms with E-state index in [0.717, 1.165) is 12.3 Å². The van der Waals surface area contributed by atoms with E-state index in [1.54, 1.807) is 0 Å². The Morgan fingerprint density at radius 2 is 1.53 bits per heavy atom. The molecule has 5 heteroatoms. The monoisotopic (exact) mass is 212 g/mol. The summed E-state index contributed by atoms with van der Waals surface area (Å²) in [5, 5.41) is 8.01. The van der Waals surface area contributed by atoms with Crippen molar-refractivity contribution in [3.05, 3.63) is 50.7 Å². The van der Waals surface area contributed by atoms with Crippen LogP contribution in [0.2, 0.25) is 0 Å². The van der Waals surface area contributed by atoms with Crippen LogP contribution in [0.25, 0.3) is 0 Å². The van der Waals surface area contributed by atoms with Crippen molar-refractivity contribution in [3.63, 3.8) is 0 Å². The van der Waals surface area contributed by atoms with Gasteiger partial charge in [0.1, 0.15) is 0 Å². The molecule has 0 aromatic heterocycles. The fraction of sp³-hybridized carbons (Fsp3) is 0. The molecule has 0 saturated heterocycles. The van der Waals surface area contributed by atoms with Crippen molar-refractivity contribution >= 4 is 11.9 Å². The summed E-state index contributed by atoms with van der Waals surface area (Å²) in [6.07, 6.45) is 5.03. The average molecular weight is 212 g/mol. The Labute approximate surface area is 87.6 Å². The second kappa shape index (κ2) is 11.7. The third-order valence-corrected chi connectivity index (χ3v) is 0.754. The van der Waals surface area contributed by atoms with Gasteiger partial charge < -0.3 is 14.6 Å². The third kappa shape index (κ3) is 18.6. The molecule has 0 atom stereocenters. The number of hydrogen-bond acceptors (Lipinski definition) is 4. The van der Waals surface area contributed by atoms with Gasteiger partial charge in [-0.2, -0.15) is 0 Å². The van der Waals surface area contributed by atoms with Crippen molar-refractivity contribution < 1.29 is 24.2 Å². The van der Waals surface area contributed by atoms with Crippen LogP contribution in [0, 0.1) is 0 Å². The van der Waals surface area contributed by atoms with E-state index in [9.17, 15) is 9.59 Å². The molecule has 0 bridgehead atoms. The molecule has 0 aromatic rings. The number of ether oxygens (including phenoxy) is 2. The lowest BCUT2D eigenvalue weighted by molar-refractivity contribution is -0.134. The maximum Gasteiger partial charge on any atom is 0.335 e. The summed E-state index contributed by atoms with van der Waals surface area (Å²) in [6, 6.07) is 0. The molecular weight excluding hydrogens is 200 g/mol. The molecule has 5 nitrogen and oxygen atoms in total. The van der Waals surface area contributed by atoms with Crippen LogP contribution in [0.4, 0.5) is 0 Å². The summed E-state index contributed by atoms with van der Waals surface area (Å²) < 4.78 is 8.53. The van der Waals surface area contributed by atoms with E-state index >= 15 is 0 Å². The Kier molecular flexibility index (Phi) is 11.8. The van der Waals surface area contributed by atoms with E-state index in [2.05, 4.69) is 29.2 Å². The molecule has 0 rings (SSSR count). The molecule has 0 amide bonds. The molecule has 0 heterocycles. The molecule has 0 aliphatic rings. The largest absolute Gasteiger partial charge is 0.478 e. The molecule has 1 N–H and O–H groups in total. The van der Waals surface area contributed by atoms with Crippen LogP contribution >= 0.6 is 0 Å². The minimum atomic E-state index is -1.19. The van der Waals surface area contributed by atoms with E-state index in [0.29, 0.717) is 6.08 Å². The van der Waals surface area contributed by atoms with Crippen LogP contribution in [0.3, 0.4) is 0 Å². The zero-order valence-electron chi connectivity index (χ0n) is 8.09. The lowest BCUT2D eigenvalue weighted by Gasteiger charge is -1.87. The number of esters is 1. The first-order valence-corrected chi connectivity index (χ1v) is 3.68. The first kappa shape index (κ1) is 15.2. The molecule has 0 fully saturated rings. The fourth-order valence-corrected chi connectivity index (χ4v) is 0.329. The zero-order chi connectivity index (χ0) is 12.1. The smallest absolute Gasteiger partial charge is 0.335 e. The van der Waals surface area contributed by atoms with Crippen molar-refractivity contribution in [2.45, 2.75) is 0 Å². The SMILES string of the molecule is C=COC(=O)/C=C/C(=O)O.C=COC=C. The molecule has 0 aromatic carbocycles. The number of rotatable bonds is 5. The van der Waals surface area contributed by atoms with Gasteiger partial charge >= 0.3 is 11.9 Å². The molecule has 82 valence electrons. The Morgan fingerprint density at radius 1 is 1.00 bits per heavy atom. The van der Waals surface area contributed by atoms with Crippen molar-refractivity contribution in [1.29, 1.82) is 0 Å². The standard InChI is InChI=1S/C6H6O4.C4H6O/c1-2-10-6(9)4-3-5(7)8;1-3-5-4-2/h2-4H,1H2,(H,7,8);3-4H,1-2H2/b4-3+;. The summed E-state index contributed by atoms with van der Waals surface area (Å²) in [5.74, 6) is -1.95. The fourth-order valence-electron chi connectivity index (χ4n) is 0.329. The van der Waals surface area contributed by atoms with Crippen molar-refractivity contribution in [3.8, 4) is 0 Å². The van der Waals surface area contributed by atoms with Gasteiger partial charge in [-0.05, 0) is 0 Å². The molecule has 0 spiro atoms. The summed E-state index contributed by atoms with van der Waals surface area (Å²) >= 11 is 0. The highest BCUT2D eigenvalue weighted by Gasteiger charge is 1.93. The van der Waals surface area contributed by atoms with Gasteiger partial charge in [-0.15, -0.1) is 0 Å². The first-order valence-electron chi connectivity index (χ1n) is 3.68. The van der Waals surface area contributed by atoms with E-state index in [1.165, 1.54) is 12.5 Å². The van der Waals surface area contributed by atoms with Gasteiger partial charge in [0.25, 0.3) is 0 Å². The number of carbonyl (C=O) groups is 2. The maximum absolute atomic E-state index is 10.3. The first-order chi connectivity index (χ1) is 7.08. The summed E-state index contributed by atoms with van der Waals surface area (Å²) in [7, 11) is 0. The van der Waals surface area contributed by atoms with Gasteiger partial charge in [-0.3, -0.25) is 0 Å². The summed E-state index contributed by atoms with van der Waals surface area (Å²) in [6.45, 7) is 9.62. The van der Waals surface area contributed by atoms with Crippen LogP contribution in [-0.2, 0) is 19.1 Å². The Bertz CT molecular complexity index is 259. The van der Waals surface area contributed by atoms with Gasteiger partial charge in [0.05, 0.1) is 18.8 Å². The van der Waals surface area contributed by atoms with Crippen LogP contribution in [0.1, 0.15) is 0 Å².